The summed E-state index contributed by atoms with van der Waals surface area (Å²) in [5, 5.41) is 5.77. The summed E-state index contributed by atoms with van der Waals surface area (Å²) in [4.78, 5) is 28.8. The minimum absolute atomic E-state index is 0.0479. The van der Waals surface area contributed by atoms with Crippen molar-refractivity contribution in [2.24, 2.45) is 5.92 Å². The maximum atomic E-state index is 13.4. The Morgan fingerprint density at radius 3 is 2.32 bits per heavy atom. The Morgan fingerprint density at radius 2 is 1.66 bits per heavy atom. The first-order valence-corrected chi connectivity index (χ1v) is 12.4. The number of ketones is 1. The lowest BCUT2D eigenvalue weighted by Crippen LogP contribution is -2.50. The Balaban J connectivity index is 1.19. The van der Waals surface area contributed by atoms with Crippen LogP contribution >= 0.6 is 0 Å². The Kier molecular flexibility index (Phi) is 7.33. The van der Waals surface area contributed by atoms with Gasteiger partial charge in [0.1, 0.15) is 35.0 Å². The van der Waals surface area contributed by atoms with E-state index in [1.165, 1.54) is 12.3 Å². The van der Waals surface area contributed by atoms with E-state index in [9.17, 15) is 22.8 Å². The molecule has 1 saturated carbocycles. The summed E-state index contributed by atoms with van der Waals surface area (Å²) in [7, 11) is 0. The van der Waals surface area contributed by atoms with E-state index in [4.69, 9.17) is 9.47 Å². The van der Waals surface area contributed by atoms with Crippen LogP contribution in [0.2, 0.25) is 0 Å². The van der Waals surface area contributed by atoms with Crippen LogP contribution in [0.5, 0.6) is 17.2 Å². The summed E-state index contributed by atoms with van der Waals surface area (Å²) in [6.45, 7) is 1.15. The van der Waals surface area contributed by atoms with Crippen molar-refractivity contribution in [1.29, 1.82) is 0 Å². The molecule has 2 fully saturated rings. The maximum absolute atomic E-state index is 13.4. The number of Topliss-reactive ketones (excluding diaryl/α,β-unsaturated/α-hetero) is 1. The highest BCUT2D eigenvalue weighted by atomic mass is 19.4. The average molecular weight is 526 g/mol. The highest BCUT2D eigenvalue weighted by molar-refractivity contribution is 5.93. The minimum atomic E-state index is -4.54. The van der Waals surface area contributed by atoms with Crippen molar-refractivity contribution >= 4 is 17.5 Å². The van der Waals surface area contributed by atoms with Gasteiger partial charge in [0.15, 0.2) is 0 Å². The fourth-order valence-corrected chi connectivity index (χ4v) is 3.98. The molecule has 10 heteroatoms. The number of ether oxygens (including phenoxy) is 2. The molecule has 1 amide bonds. The third-order valence-corrected chi connectivity index (χ3v) is 6.23. The van der Waals surface area contributed by atoms with Crippen LogP contribution in [0.3, 0.4) is 0 Å². The molecule has 0 bridgehead atoms. The highest BCUT2D eigenvalue weighted by Crippen LogP contribution is 2.34. The van der Waals surface area contributed by atoms with Crippen molar-refractivity contribution in [2.75, 3.05) is 18.4 Å². The maximum Gasteiger partial charge on any atom is 0.416 e. The van der Waals surface area contributed by atoms with Crippen LogP contribution in [-0.2, 0) is 28.6 Å². The van der Waals surface area contributed by atoms with Crippen LogP contribution in [0.4, 0.5) is 19.0 Å². The second kappa shape index (κ2) is 10.8. The van der Waals surface area contributed by atoms with Gasteiger partial charge in [-0.1, -0.05) is 12.1 Å². The van der Waals surface area contributed by atoms with E-state index in [1.807, 2.05) is 0 Å². The molecule has 2 aromatic carbocycles. The standard InChI is InChI=1S/C28H26F3N3O4/c29-28(30,31)20-9-18(12-24(13-20)38-25-15-32-16-25)11-21(35)10-17-1-5-22(6-2-17)37-23-7-8-33-26(14-23)34-27(36)19-3-4-19/h1-2,5-9,12-14,19,25,32H,3-4,10-11,15-16H2,(H,33,34,36). The van der Waals surface area contributed by atoms with Crippen molar-refractivity contribution in [3.05, 3.63) is 77.5 Å². The zero-order chi connectivity index (χ0) is 26.7. The summed E-state index contributed by atoms with van der Waals surface area (Å²) in [5.74, 6) is 1.33. The van der Waals surface area contributed by atoms with Gasteiger partial charge in [0, 0.05) is 44.1 Å². The van der Waals surface area contributed by atoms with E-state index in [0.29, 0.717) is 36.0 Å². The van der Waals surface area contributed by atoms with E-state index in [0.717, 1.165) is 25.0 Å². The summed E-state index contributed by atoms with van der Waals surface area (Å²) < 4.78 is 51.6. The molecular weight excluding hydrogens is 499 g/mol. The van der Waals surface area contributed by atoms with Gasteiger partial charge >= 0.3 is 6.18 Å². The zero-order valence-corrected chi connectivity index (χ0v) is 20.4. The number of benzene rings is 2. The van der Waals surface area contributed by atoms with Crippen LogP contribution in [-0.4, -0.2) is 35.9 Å². The van der Waals surface area contributed by atoms with Crippen molar-refractivity contribution in [1.82, 2.24) is 10.3 Å². The van der Waals surface area contributed by atoms with Crippen LogP contribution < -0.4 is 20.1 Å². The van der Waals surface area contributed by atoms with E-state index in [-0.39, 0.29) is 47.9 Å². The fourth-order valence-electron chi connectivity index (χ4n) is 3.98. The molecule has 1 aliphatic heterocycles. The fraction of sp³-hybridized carbons (Fsp3) is 0.321. The van der Waals surface area contributed by atoms with Crippen molar-refractivity contribution in [2.45, 2.75) is 38.0 Å². The molecule has 7 nitrogen and oxygen atoms in total. The predicted octanol–water partition coefficient (Wildman–Crippen LogP) is 4.95. The molecular formula is C28H26F3N3O4. The first-order valence-electron chi connectivity index (χ1n) is 12.4. The number of nitrogens with one attached hydrogen (secondary N) is 2. The first-order chi connectivity index (χ1) is 18.2. The van der Waals surface area contributed by atoms with Crippen molar-refractivity contribution in [3.8, 4) is 17.2 Å². The van der Waals surface area contributed by atoms with Gasteiger partial charge < -0.3 is 20.1 Å². The molecule has 1 saturated heterocycles. The molecule has 0 spiro atoms. The lowest BCUT2D eigenvalue weighted by molar-refractivity contribution is -0.137. The number of carbonyl (C=O) groups is 2. The molecule has 0 radical (unpaired) electrons. The summed E-state index contributed by atoms with van der Waals surface area (Å²) in [6.07, 6.45) is -1.47. The molecule has 2 N–H and O–H groups in total. The monoisotopic (exact) mass is 525 g/mol. The van der Waals surface area contributed by atoms with Gasteiger partial charge in [-0.3, -0.25) is 9.59 Å². The molecule has 2 heterocycles. The molecule has 0 atom stereocenters. The molecule has 38 heavy (non-hydrogen) atoms. The number of amides is 1. The normalized spacial score (nSPS) is 15.4. The van der Waals surface area contributed by atoms with Crippen LogP contribution in [0.15, 0.2) is 60.8 Å². The second-order valence-corrected chi connectivity index (χ2v) is 9.54. The third-order valence-electron chi connectivity index (χ3n) is 6.23. The number of aromatic nitrogens is 1. The molecule has 1 aromatic heterocycles. The number of hydrogen-bond donors (Lipinski definition) is 2. The molecule has 198 valence electrons. The summed E-state index contributed by atoms with van der Waals surface area (Å²) >= 11 is 0. The average Bonchev–Trinajstić information content (AvgIpc) is 3.68. The zero-order valence-electron chi connectivity index (χ0n) is 20.4. The number of nitrogens with zero attached hydrogens (tertiary/aromatic N) is 1. The first kappa shape index (κ1) is 25.7. The summed E-state index contributed by atoms with van der Waals surface area (Å²) in [5.41, 5.74) is 0.130. The van der Waals surface area contributed by atoms with Crippen LogP contribution in [0.25, 0.3) is 0 Å². The lowest BCUT2D eigenvalue weighted by atomic mass is 10.0. The minimum Gasteiger partial charge on any atom is -0.488 e. The van der Waals surface area contributed by atoms with Gasteiger partial charge in [-0.05, 0) is 60.4 Å². The molecule has 0 unspecified atom stereocenters. The third kappa shape index (κ3) is 6.89. The predicted molar refractivity (Wildman–Crippen MR) is 133 cm³/mol. The van der Waals surface area contributed by atoms with Gasteiger partial charge in [0.25, 0.3) is 0 Å². The SMILES string of the molecule is O=C(Cc1ccc(Oc2ccnc(NC(=O)C3CC3)c2)cc1)Cc1cc(OC2CNC2)cc(C(F)(F)F)c1. The van der Waals surface area contributed by atoms with Crippen LogP contribution in [0, 0.1) is 5.92 Å². The summed E-state index contributed by atoms with van der Waals surface area (Å²) in [6, 6.07) is 13.6. The number of anilines is 1. The topological polar surface area (TPSA) is 89.5 Å². The van der Waals surface area contributed by atoms with Crippen molar-refractivity contribution < 1.29 is 32.2 Å². The molecule has 5 rings (SSSR count). The molecule has 3 aromatic rings. The Labute approximate surface area is 217 Å². The smallest absolute Gasteiger partial charge is 0.416 e. The van der Waals surface area contributed by atoms with E-state index >= 15 is 0 Å². The Hall–Kier alpha value is -3.92. The van der Waals surface area contributed by atoms with Gasteiger partial charge in [0.05, 0.1) is 5.56 Å². The number of carbonyl (C=O) groups excluding carboxylic acids is 2. The molecule has 2 aliphatic rings. The largest absolute Gasteiger partial charge is 0.488 e. The van der Waals surface area contributed by atoms with E-state index in [1.54, 1.807) is 36.4 Å². The highest BCUT2D eigenvalue weighted by Gasteiger charge is 2.32. The van der Waals surface area contributed by atoms with Crippen molar-refractivity contribution in [3.63, 3.8) is 0 Å². The molecule has 1 aliphatic carbocycles. The van der Waals surface area contributed by atoms with Crippen LogP contribution in [0.1, 0.15) is 29.5 Å². The lowest BCUT2D eigenvalue weighted by Gasteiger charge is -2.28. The van der Waals surface area contributed by atoms with Gasteiger partial charge in [-0.2, -0.15) is 13.2 Å². The second-order valence-electron chi connectivity index (χ2n) is 9.54. The van der Waals surface area contributed by atoms with E-state index < -0.39 is 11.7 Å². The Bertz CT molecular complexity index is 1320. The van der Waals surface area contributed by atoms with Gasteiger partial charge in [-0.15, -0.1) is 0 Å². The number of hydrogen-bond acceptors (Lipinski definition) is 6. The van der Waals surface area contributed by atoms with Gasteiger partial charge in [0.2, 0.25) is 5.91 Å². The number of alkyl halides is 3. The number of rotatable bonds is 10. The van der Waals surface area contributed by atoms with Gasteiger partial charge in [-0.25, -0.2) is 4.98 Å². The Morgan fingerprint density at radius 1 is 0.921 bits per heavy atom. The number of pyridine rings is 1. The number of halogens is 3. The quantitative estimate of drug-likeness (QED) is 0.390. The van der Waals surface area contributed by atoms with E-state index in [2.05, 4.69) is 15.6 Å².